The highest BCUT2D eigenvalue weighted by Gasteiger charge is 2.28. The second-order valence-electron chi connectivity index (χ2n) is 6.05. The van der Waals surface area contributed by atoms with Crippen LogP contribution in [0.5, 0.6) is 0 Å². The number of benzene rings is 1. The van der Waals surface area contributed by atoms with Crippen LogP contribution in [-0.2, 0) is 16.0 Å². The molecule has 5 heteroatoms. The number of amides is 2. The second kappa shape index (κ2) is 7.94. The molecule has 1 heterocycles. The van der Waals surface area contributed by atoms with Crippen molar-refractivity contribution in [2.45, 2.75) is 32.2 Å². The Balaban J connectivity index is 1.80. The van der Waals surface area contributed by atoms with Crippen LogP contribution < -0.4 is 11.1 Å². The highest BCUT2D eigenvalue weighted by atomic mass is 16.2. The minimum absolute atomic E-state index is 0.0382. The predicted molar refractivity (Wildman–Crippen MR) is 86.1 cm³/mol. The molecule has 0 radical (unpaired) electrons. The molecular formula is C17H25N3O2. The molecule has 2 amide bonds. The Morgan fingerprint density at radius 3 is 2.73 bits per heavy atom. The fourth-order valence-electron chi connectivity index (χ4n) is 2.92. The molecule has 1 fully saturated rings. The maximum absolute atomic E-state index is 12.3. The Morgan fingerprint density at radius 1 is 1.32 bits per heavy atom. The fourth-order valence-corrected chi connectivity index (χ4v) is 2.92. The zero-order valence-electron chi connectivity index (χ0n) is 13.1. The molecular weight excluding hydrogens is 278 g/mol. The van der Waals surface area contributed by atoms with Crippen LogP contribution in [0.15, 0.2) is 30.3 Å². The molecule has 22 heavy (non-hydrogen) atoms. The van der Waals surface area contributed by atoms with Gasteiger partial charge in [-0.1, -0.05) is 37.3 Å². The van der Waals surface area contributed by atoms with Gasteiger partial charge < -0.3 is 16.0 Å². The van der Waals surface area contributed by atoms with Crippen molar-refractivity contribution in [3.63, 3.8) is 0 Å². The zero-order valence-corrected chi connectivity index (χ0v) is 13.1. The summed E-state index contributed by atoms with van der Waals surface area (Å²) >= 11 is 0. The quantitative estimate of drug-likeness (QED) is 0.850. The van der Waals surface area contributed by atoms with Crippen LogP contribution in [-0.4, -0.2) is 42.4 Å². The number of nitrogens with two attached hydrogens (primary N) is 1. The molecule has 0 bridgehead atoms. The molecule has 120 valence electrons. The van der Waals surface area contributed by atoms with Crippen molar-refractivity contribution in [2.24, 2.45) is 11.7 Å². The zero-order chi connectivity index (χ0) is 15.9. The van der Waals surface area contributed by atoms with Crippen LogP contribution in [0.25, 0.3) is 0 Å². The highest BCUT2D eigenvalue weighted by Crippen LogP contribution is 2.21. The van der Waals surface area contributed by atoms with Crippen LogP contribution >= 0.6 is 0 Å². The lowest BCUT2D eigenvalue weighted by molar-refractivity contribution is -0.136. The molecule has 3 N–H and O–H groups in total. The van der Waals surface area contributed by atoms with Crippen LogP contribution in [0.3, 0.4) is 0 Å². The molecule has 1 aliphatic rings. The number of nitrogens with zero attached hydrogens (tertiary/aromatic N) is 1. The Kier molecular flexibility index (Phi) is 5.95. The average molecular weight is 303 g/mol. The first-order chi connectivity index (χ1) is 10.6. The molecule has 0 spiro atoms. The standard InChI is InChI=1S/C17H25N3O2/c1-13-7-8-20(15(9-13)11-18)17(22)12-19-16(21)10-14-5-3-2-4-6-14/h2-6,13,15H,7-12,18H2,1H3,(H,19,21). The third-order valence-corrected chi connectivity index (χ3v) is 4.21. The molecule has 1 saturated heterocycles. The molecule has 5 nitrogen and oxygen atoms in total. The topological polar surface area (TPSA) is 75.4 Å². The summed E-state index contributed by atoms with van der Waals surface area (Å²) in [5.74, 6) is 0.434. The molecule has 1 aromatic carbocycles. The van der Waals surface area contributed by atoms with E-state index in [0.717, 1.165) is 24.9 Å². The molecule has 2 atom stereocenters. The Hall–Kier alpha value is -1.88. The number of hydrogen-bond donors (Lipinski definition) is 2. The van der Waals surface area contributed by atoms with Crippen molar-refractivity contribution in [3.8, 4) is 0 Å². The monoisotopic (exact) mass is 303 g/mol. The van der Waals surface area contributed by atoms with Crippen LogP contribution in [0.2, 0.25) is 0 Å². The molecule has 2 unspecified atom stereocenters. The lowest BCUT2D eigenvalue weighted by Gasteiger charge is -2.38. The van der Waals surface area contributed by atoms with E-state index in [4.69, 9.17) is 5.73 Å². The first kappa shape index (κ1) is 16.5. The number of hydrogen-bond acceptors (Lipinski definition) is 3. The van der Waals surface area contributed by atoms with Crippen molar-refractivity contribution < 1.29 is 9.59 Å². The smallest absolute Gasteiger partial charge is 0.242 e. The summed E-state index contributed by atoms with van der Waals surface area (Å²) in [7, 11) is 0. The number of rotatable bonds is 5. The van der Waals surface area contributed by atoms with Gasteiger partial charge in [0.05, 0.1) is 13.0 Å². The number of likely N-dealkylation sites (tertiary alicyclic amines) is 1. The third kappa shape index (κ3) is 4.56. The highest BCUT2D eigenvalue weighted by molar-refractivity contribution is 5.86. The molecule has 2 rings (SSSR count). The summed E-state index contributed by atoms with van der Waals surface area (Å²) in [5, 5.41) is 2.71. The summed E-state index contributed by atoms with van der Waals surface area (Å²) in [4.78, 5) is 26.0. The van der Waals surface area contributed by atoms with E-state index in [1.165, 1.54) is 0 Å². The van der Waals surface area contributed by atoms with Crippen LogP contribution in [0, 0.1) is 5.92 Å². The lowest BCUT2D eigenvalue weighted by atomic mass is 9.92. The van der Waals surface area contributed by atoms with E-state index in [0.29, 0.717) is 18.9 Å². The van der Waals surface area contributed by atoms with Gasteiger partial charge in [0.15, 0.2) is 0 Å². The Bertz CT molecular complexity index is 504. The van der Waals surface area contributed by atoms with Gasteiger partial charge in [0.25, 0.3) is 0 Å². The van der Waals surface area contributed by atoms with Gasteiger partial charge in [-0.15, -0.1) is 0 Å². The van der Waals surface area contributed by atoms with Crippen molar-refractivity contribution in [1.82, 2.24) is 10.2 Å². The van der Waals surface area contributed by atoms with Crippen molar-refractivity contribution >= 4 is 11.8 Å². The second-order valence-corrected chi connectivity index (χ2v) is 6.05. The van der Waals surface area contributed by atoms with E-state index >= 15 is 0 Å². The molecule has 1 aromatic rings. The van der Waals surface area contributed by atoms with Gasteiger partial charge in [0.2, 0.25) is 11.8 Å². The summed E-state index contributed by atoms with van der Waals surface area (Å²) in [6.07, 6.45) is 2.24. The summed E-state index contributed by atoms with van der Waals surface area (Å²) in [6, 6.07) is 9.61. The van der Waals surface area contributed by atoms with Gasteiger partial charge in [-0.3, -0.25) is 9.59 Å². The van der Waals surface area contributed by atoms with Crippen LogP contribution in [0.1, 0.15) is 25.3 Å². The van der Waals surface area contributed by atoms with Gasteiger partial charge in [0.1, 0.15) is 0 Å². The summed E-state index contributed by atoms with van der Waals surface area (Å²) < 4.78 is 0. The normalized spacial score (nSPS) is 21.5. The summed E-state index contributed by atoms with van der Waals surface area (Å²) in [5.41, 5.74) is 6.71. The Labute approximate surface area is 131 Å². The van der Waals surface area contributed by atoms with Gasteiger partial charge in [-0.25, -0.2) is 0 Å². The molecule has 0 saturated carbocycles. The van der Waals surface area contributed by atoms with E-state index in [1.807, 2.05) is 35.2 Å². The average Bonchev–Trinajstić information content (AvgIpc) is 2.53. The molecule has 0 aromatic heterocycles. The number of nitrogens with one attached hydrogen (secondary N) is 1. The summed E-state index contributed by atoms with van der Waals surface area (Å²) in [6.45, 7) is 3.45. The maximum Gasteiger partial charge on any atom is 0.242 e. The third-order valence-electron chi connectivity index (χ3n) is 4.21. The SMILES string of the molecule is CC1CCN(C(=O)CNC(=O)Cc2ccccc2)C(CN)C1. The van der Waals surface area contributed by atoms with Crippen LogP contribution in [0.4, 0.5) is 0 Å². The van der Waals surface area contributed by atoms with Gasteiger partial charge in [-0.2, -0.15) is 0 Å². The van der Waals surface area contributed by atoms with Gasteiger partial charge in [-0.05, 0) is 24.3 Å². The van der Waals surface area contributed by atoms with Gasteiger partial charge in [0, 0.05) is 19.1 Å². The fraction of sp³-hybridized carbons (Fsp3) is 0.529. The first-order valence-electron chi connectivity index (χ1n) is 7.90. The van der Waals surface area contributed by atoms with E-state index in [-0.39, 0.29) is 24.4 Å². The molecule has 1 aliphatic heterocycles. The number of piperidine rings is 1. The minimum atomic E-state index is -0.130. The lowest BCUT2D eigenvalue weighted by Crippen LogP contribution is -2.52. The van der Waals surface area contributed by atoms with Gasteiger partial charge >= 0.3 is 0 Å². The van der Waals surface area contributed by atoms with E-state index in [1.54, 1.807) is 0 Å². The largest absolute Gasteiger partial charge is 0.347 e. The first-order valence-corrected chi connectivity index (χ1v) is 7.90. The predicted octanol–water partition coefficient (Wildman–Crippen LogP) is 0.931. The maximum atomic E-state index is 12.3. The molecule has 0 aliphatic carbocycles. The number of carbonyl (C=O) groups excluding carboxylic acids is 2. The van der Waals surface area contributed by atoms with Crippen molar-refractivity contribution in [3.05, 3.63) is 35.9 Å². The van der Waals surface area contributed by atoms with Crippen molar-refractivity contribution in [1.29, 1.82) is 0 Å². The number of carbonyl (C=O) groups is 2. The Morgan fingerprint density at radius 2 is 2.05 bits per heavy atom. The van der Waals surface area contributed by atoms with Crippen molar-refractivity contribution in [2.75, 3.05) is 19.6 Å². The van der Waals surface area contributed by atoms with E-state index in [9.17, 15) is 9.59 Å². The van der Waals surface area contributed by atoms with E-state index < -0.39 is 0 Å². The minimum Gasteiger partial charge on any atom is -0.347 e. The van der Waals surface area contributed by atoms with E-state index in [2.05, 4.69) is 12.2 Å².